The van der Waals surface area contributed by atoms with Gasteiger partial charge in [-0.3, -0.25) is 19.5 Å². The minimum atomic E-state index is -0.343. The normalized spacial score (nSPS) is 19.0. The fraction of sp³-hybridized carbons (Fsp3) is 0.542. The van der Waals surface area contributed by atoms with Crippen molar-refractivity contribution in [3.63, 3.8) is 0 Å². The van der Waals surface area contributed by atoms with Crippen molar-refractivity contribution < 1.29 is 9.52 Å². The number of benzene rings is 1. The second-order valence-electron chi connectivity index (χ2n) is 8.82. The summed E-state index contributed by atoms with van der Waals surface area (Å²) in [7, 11) is 0. The molecule has 1 N–H and O–H groups in total. The van der Waals surface area contributed by atoms with Crippen LogP contribution >= 0.6 is 11.6 Å². The topological polar surface area (TPSA) is 60.2 Å². The Morgan fingerprint density at radius 3 is 2.23 bits per heavy atom. The number of aromatic hydroxyl groups is 1. The van der Waals surface area contributed by atoms with Gasteiger partial charge in [-0.25, -0.2) is 0 Å². The summed E-state index contributed by atoms with van der Waals surface area (Å²) in [5.74, 6) is 0.791. The molecule has 0 radical (unpaired) electrons. The van der Waals surface area contributed by atoms with Gasteiger partial charge in [-0.1, -0.05) is 30.2 Å². The lowest BCUT2D eigenvalue weighted by Gasteiger charge is -2.34. The van der Waals surface area contributed by atoms with E-state index >= 15 is 0 Å². The fourth-order valence-corrected chi connectivity index (χ4v) is 4.60. The largest absolute Gasteiger partial charge is 0.502 e. The highest BCUT2D eigenvalue weighted by Gasteiger charge is 2.21. The SMILES string of the molecule is Cc1cc(CN2CCN(Cc3oc(CN4CCCCC4)cc(=O)c3O)CC2)ccc1Cl. The van der Waals surface area contributed by atoms with E-state index in [0.717, 1.165) is 56.4 Å². The minimum Gasteiger partial charge on any atom is -0.502 e. The first-order chi connectivity index (χ1) is 15.0. The van der Waals surface area contributed by atoms with Crippen molar-refractivity contribution >= 4 is 11.6 Å². The molecule has 1 aromatic carbocycles. The Morgan fingerprint density at radius 2 is 1.55 bits per heavy atom. The highest BCUT2D eigenvalue weighted by atomic mass is 35.5. The van der Waals surface area contributed by atoms with Gasteiger partial charge in [0.05, 0.1) is 13.1 Å². The number of nitrogens with zero attached hydrogens (tertiary/aromatic N) is 3. The van der Waals surface area contributed by atoms with E-state index in [4.69, 9.17) is 16.0 Å². The van der Waals surface area contributed by atoms with E-state index in [1.807, 2.05) is 13.0 Å². The van der Waals surface area contributed by atoms with Crippen LogP contribution in [0.1, 0.15) is 41.9 Å². The van der Waals surface area contributed by atoms with Gasteiger partial charge < -0.3 is 9.52 Å². The maximum Gasteiger partial charge on any atom is 0.227 e. The zero-order valence-corrected chi connectivity index (χ0v) is 19.0. The molecule has 0 atom stereocenters. The zero-order chi connectivity index (χ0) is 21.8. The highest BCUT2D eigenvalue weighted by molar-refractivity contribution is 6.31. The number of piperazine rings is 1. The number of hydrogen-bond acceptors (Lipinski definition) is 6. The Hall–Kier alpha value is -1.86. The molecule has 0 unspecified atom stereocenters. The van der Waals surface area contributed by atoms with Crippen LogP contribution in [0.3, 0.4) is 0 Å². The number of halogens is 1. The minimum absolute atomic E-state index is 0.249. The lowest BCUT2D eigenvalue weighted by Crippen LogP contribution is -2.45. The van der Waals surface area contributed by atoms with Crippen molar-refractivity contribution in [2.75, 3.05) is 39.3 Å². The van der Waals surface area contributed by atoms with Crippen LogP contribution < -0.4 is 5.43 Å². The third kappa shape index (κ3) is 5.89. The summed E-state index contributed by atoms with van der Waals surface area (Å²) >= 11 is 6.13. The number of hydrogen-bond donors (Lipinski definition) is 1. The summed E-state index contributed by atoms with van der Waals surface area (Å²) in [6, 6.07) is 7.64. The van der Waals surface area contributed by atoms with Crippen molar-refractivity contribution in [3.05, 3.63) is 62.2 Å². The monoisotopic (exact) mass is 445 g/mol. The molecule has 4 rings (SSSR count). The summed E-state index contributed by atoms with van der Waals surface area (Å²) in [5, 5.41) is 11.1. The van der Waals surface area contributed by atoms with Gasteiger partial charge in [0, 0.05) is 43.8 Å². The van der Waals surface area contributed by atoms with Crippen molar-refractivity contribution in [2.24, 2.45) is 0 Å². The van der Waals surface area contributed by atoms with Crippen LogP contribution in [0.2, 0.25) is 5.02 Å². The van der Waals surface area contributed by atoms with Crippen LogP contribution in [-0.4, -0.2) is 59.1 Å². The summed E-state index contributed by atoms with van der Waals surface area (Å²) < 4.78 is 5.98. The van der Waals surface area contributed by atoms with Crippen LogP contribution in [0.25, 0.3) is 0 Å². The Kier molecular flexibility index (Phi) is 7.33. The van der Waals surface area contributed by atoms with Gasteiger partial charge in [0.2, 0.25) is 11.2 Å². The quantitative estimate of drug-likeness (QED) is 0.733. The maximum absolute atomic E-state index is 12.3. The summed E-state index contributed by atoms with van der Waals surface area (Å²) in [5.41, 5.74) is 2.03. The predicted octanol–water partition coefficient (Wildman–Crippen LogP) is 3.61. The van der Waals surface area contributed by atoms with Crippen LogP contribution in [-0.2, 0) is 19.6 Å². The van der Waals surface area contributed by atoms with Gasteiger partial charge in [0.25, 0.3) is 0 Å². The van der Waals surface area contributed by atoms with Gasteiger partial charge in [0.1, 0.15) is 5.76 Å². The standard InChI is InChI=1S/C24H32ClN3O3/c1-18-13-19(5-6-21(18)25)15-27-9-11-28(12-10-27)17-23-24(30)22(29)14-20(31-23)16-26-7-3-2-4-8-26/h5-6,13-14,30H,2-4,7-12,15-17H2,1H3. The van der Waals surface area contributed by atoms with Gasteiger partial charge in [-0.05, 0) is 50.0 Å². The molecule has 0 amide bonds. The van der Waals surface area contributed by atoms with Crippen LogP contribution in [0.4, 0.5) is 0 Å². The van der Waals surface area contributed by atoms with Gasteiger partial charge in [-0.2, -0.15) is 0 Å². The van der Waals surface area contributed by atoms with Crippen LogP contribution in [0.5, 0.6) is 5.75 Å². The number of likely N-dealkylation sites (tertiary alicyclic amines) is 1. The molecular formula is C24H32ClN3O3. The lowest BCUT2D eigenvalue weighted by atomic mass is 10.1. The molecule has 168 valence electrons. The Bertz CT molecular complexity index is 948. The molecular weight excluding hydrogens is 414 g/mol. The van der Waals surface area contributed by atoms with Crippen molar-refractivity contribution in [1.82, 2.24) is 14.7 Å². The average Bonchev–Trinajstić information content (AvgIpc) is 2.76. The van der Waals surface area contributed by atoms with Crippen LogP contribution in [0.15, 0.2) is 33.5 Å². The molecule has 2 aromatic rings. The Balaban J connectivity index is 1.34. The number of rotatable bonds is 6. The van der Waals surface area contributed by atoms with E-state index in [0.29, 0.717) is 24.6 Å². The van der Waals surface area contributed by atoms with Crippen molar-refractivity contribution in [1.29, 1.82) is 0 Å². The molecule has 0 bridgehead atoms. The molecule has 1 aromatic heterocycles. The van der Waals surface area contributed by atoms with Gasteiger partial charge in [0.15, 0.2) is 5.76 Å². The first-order valence-electron chi connectivity index (χ1n) is 11.2. The lowest BCUT2D eigenvalue weighted by molar-refractivity contribution is 0.112. The molecule has 2 aliphatic heterocycles. The summed E-state index contributed by atoms with van der Waals surface area (Å²) in [4.78, 5) is 19.3. The van der Waals surface area contributed by atoms with E-state index in [9.17, 15) is 9.90 Å². The Morgan fingerprint density at radius 1 is 0.903 bits per heavy atom. The first kappa shape index (κ1) is 22.3. The number of piperidine rings is 1. The molecule has 31 heavy (non-hydrogen) atoms. The van der Waals surface area contributed by atoms with E-state index in [1.54, 1.807) is 0 Å². The number of aryl methyl sites for hydroxylation is 1. The third-order valence-electron chi connectivity index (χ3n) is 6.33. The van der Waals surface area contributed by atoms with E-state index < -0.39 is 0 Å². The average molecular weight is 446 g/mol. The molecule has 2 fully saturated rings. The van der Waals surface area contributed by atoms with E-state index in [2.05, 4.69) is 26.8 Å². The molecule has 7 heteroatoms. The second-order valence-corrected chi connectivity index (χ2v) is 9.23. The summed E-state index contributed by atoms with van der Waals surface area (Å²) in [6.07, 6.45) is 3.65. The summed E-state index contributed by atoms with van der Waals surface area (Å²) in [6.45, 7) is 9.70. The smallest absolute Gasteiger partial charge is 0.227 e. The predicted molar refractivity (Wildman–Crippen MR) is 123 cm³/mol. The first-order valence-corrected chi connectivity index (χ1v) is 11.6. The molecule has 0 spiro atoms. The Labute approximate surface area is 189 Å². The molecule has 2 saturated heterocycles. The fourth-order valence-electron chi connectivity index (χ4n) is 4.48. The molecule has 6 nitrogen and oxygen atoms in total. The maximum atomic E-state index is 12.3. The second kappa shape index (κ2) is 10.2. The van der Waals surface area contributed by atoms with E-state index in [-0.39, 0.29) is 11.2 Å². The molecule has 0 aliphatic carbocycles. The molecule has 2 aliphatic rings. The molecule has 0 saturated carbocycles. The highest BCUT2D eigenvalue weighted by Crippen LogP contribution is 2.21. The van der Waals surface area contributed by atoms with Gasteiger partial charge >= 0.3 is 0 Å². The van der Waals surface area contributed by atoms with E-state index in [1.165, 1.54) is 30.9 Å². The van der Waals surface area contributed by atoms with Gasteiger partial charge in [-0.15, -0.1) is 0 Å². The van der Waals surface area contributed by atoms with Crippen molar-refractivity contribution in [2.45, 2.75) is 45.8 Å². The molecule has 3 heterocycles. The van der Waals surface area contributed by atoms with Crippen LogP contribution in [0, 0.1) is 6.92 Å². The van der Waals surface area contributed by atoms with Crippen molar-refractivity contribution in [3.8, 4) is 5.75 Å². The zero-order valence-electron chi connectivity index (χ0n) is 18.3. The third-order valence-corrected chi connectivity index (χ3v) is 6.76.